The molecule has 0 saturated carbocycles. The number of aryl methyl sites for hydroxylation is 1. The Morgan fingerprint density at radius 2 is 1.92 bits per heavy atom. The van der Waals surface area contributed by atoms with Gasteiger partial charge in [-0.25, -0.2) is 0 Å². The van der Waals surface area contributed by atoms with Gasteiger partial charge < -0.3 is 9.15 Å². The topological polar surface area (TPSA) is 91.3 Å². The number of rotatable bonds is 8. The summed E-state index contributed by atoms with van der Waals surface area (Å²) in [5.41, 5.74) is 2.08. The molecule has 7 nitrogen and oxygen atoms in total. The normalized spacial score (nSPS) is 10.7. The lowest BCUT2D eigenvalue weighted by Gasteiger charge is -2.04. The van der Waals surface area contributed by atoms with Crippen LogP contribution < -0.4 is 4.74 Å². The summed E-state index contributed by atoms with van der Waals surface area (Å²) in [4.78, 5) is 10.2. The van der Waals surface area contributed by atoms with Gasteiger partial charge in [-0.15, -0.1) is 10.2 Å². The maximum atomic E-state index is 10.6. The summed E-state index contributed by atoms with van der Waals surface area (Å²) in [6.07, 6.45) is 0.781. The van der Waals surface area contributed by atoms with Gasteiger partial charge in [-0.2, -0.15) is 0 Å². The molecule has 0 spiro atoms. The maximum Gasteiger partial charge on any atom is 0.276 e. The molecule has 1 aromatic heterocycles. The van der Waals surface area contributed by atoms with Crippen LogP contribution in [0.3, 0.4) is 0 Å². The summed E-state index contributed by atoms with van der Waals surface area (Å²) in [5.74, 6) is 1.90. The number of aromatic nitrogens is 2. The van der Waals surface area contributed by atoms with E-state index in [1.165, 1.54) is 23.9 Å². The van der Waals surface area contributed by atoms with Crippen LogP contribution in [-0.2, 0) is 0 Å². The minimum atomic E-state index is -0.435. The molecule has 0 atom stereocenters. The lowest BCUT2D eigenvalue weighted by atomic mass is 10.1. The smallest absolute Gasteiger partial charge is 0.276 e. The van der Waals surface area contributed by atoms with E-state index in [9.17, 15) is 10.1 Å². The van der Waals surface area contributed by atoms with Crippen LogP contribution in [-0.4, -0.2) is 27.5 Å². The van der Waals surface area contributed by atoms with E-state index >= 15 is 0 Å². The number of thioether (sulfide) groups is 1. The third kappa shape index (κ3) is 4.60. The minimum Gasteiger partial charge on any atom is -0.494 e. The van der Waals surface area contributed by atoms with E-state index in [4.69, 9.17) is 9.15 Å². The Balaban J connectivity index is 1.43. The number of nitrogens with zero attached hydrogens (tertiary/aromatic N) is 3. The van der Waals surface area contributed by atoms with Crippen molar-refractivity contribution in [2.45, 2.75) is 18.6 Å². The van der Waals surface area contributed by atoms with Crippen molar-refractivity contribution >= 4 is 17.4 Å². The fourth-order valence-corrected chi connectivity index (χ4v) is 2.94. The Morgan fingerprint density at radius 1 is 1.15 bits per heavy atom. The molecule has 1 heterocycles. The second-order valence-electron chi connectivity index (χ2n) is 5.49. The zero-order valence-corrected chi connectivity index (χ0v) is 14.9. The largest absolute Gasteiger partial charge is 0.494 e. The van der Waals surface area contributed by atoms with Gasteiger partial charge in [0, 0.05) is 23.4 Å². The van der Waals surface area contributed by atoms with Gasteiger partial charge in [0.05, 0.1) is 11.5 Å². The molecule has 0 amide bonds. The average Bonchev–Trinajstić information content (AvgIpc) is 3.11. The van der Waals surface area contributed by atoms with Crippen molar-refractivity contribution in [3.63, 3.8) is 0 Å². The first kappa shape index (κ1) is 17.9. The second-order valence-corrected chi connectivity index (χ2v) is 6.54. The third-order valence-electron chi connectivity index (χ3n) is 3.61. The van der Waals surface area contributed by atoms with Crippen molar-refractivity contribution in [1.29, 1.82) is 0 Å². The van der Waals surface area contributed by atoms with Gasteiger partial charge in [0.2, 0.25) is 5.89 Å². The molecule has 0 unspecified atom stereocenters. The molecule has 8 heteroatoms. The van der Waals surface area contributed by atoms with Crippen molar-refractivity contribution < 1.29 is 14.1 Å². The molecule has 0 bridgehead atoms. The highest BCUT2D eigenvalue weighted by atomic mass is 32.2. The van der Waals surface area contributed by atoms with E-state index in [0.717, 1.165) is 23.3 Å². The number of hydrogen-bond acceptors (Lipinski definition) is 7. The predicted octanol–water partition coefficient (Wildman–Crippen LogP) is 4.51. The number of non-ortho nitro benzene ring substituents is 1. The summed E-state index contributed by atoms with van der Waals surface area (Å²) in [5, 5.41) is 19.3. The quantitative estimate of drug-likeness (QED) is 0.249. The molecule has 0 saturated heterocycles. The van der Waals surface area contributed by atoms with Gasteiger partial charge in [-0.1, -0.05) is 30.0 Å². The Kier molecular flexibility index (Phi) is 5.85. The molecule has 0 N–H and O–H groups in total. The fourth-order valence-electron chi connectivity index (χ4n) is 2.26. The van der Waals surface area contributed by atoms with E-state index in [1.54, 1.807) is 12.1 Å². The molecule has 26 heavy (non-hydrogen) atoms. The zero-order valence-electron chi connectivity index (χ0n) is 14.1. The Hall–Kier alpha value is -2.87. The number of ether oxygens (including phenoxy) is 1. The maximum absolute atomic E-state index is 10.6. The Bertz CT molecular complexity index is 880. The first-order valence-electron chi connectivity index (χ1n) is 8.03. The number of nitro benzene ring substituents is 1. The van der Waals surface area contributed by atoms with Crippen LogP contribution in [0.15, 0.2) is 58.2 Å². The van der Waals surface area contributed by atoms with Gasteiger partial charge >= 0.3 is 0 Å². The van der Waals surface area contributed by atoms with Crippen LogP contribution in [0, 0.1) is 17.0 Å². The standard InChI is InChI=1S/C18H17N3O4S/c1-13-5-2-3-6-16(13)17-19-20-18(25-17)26-12-4-11-24-15-9-7-14(8-10-15)21(22)23/h2-3,5-10H,4,11-12H2,1H3. The SMILES string of the molecule is Cc1ccccc1-c1nnc(SCCCOc2ccc([N+](=O)[O-])cc2)o1. The van der Waals surface area contributed by atoms with Gasteiger partial charge in [0.1, 0.15) is 5.75 Å². The van der Waals surface area contributed by atoms with Crippen molar-refractivity contribution in [2.75, 3.05) is 12.4 Å². The van der Waals surface area contributed by atoms with E-state index < -0.39 is 4.92 Å². The van der Waals surface area contributed by atoms with Crippen molar-refractivity contribution in [2.24, 2.45) is 0 Å². The monoisotopic (exact) mass is 371 g/mol. The summed E-state index contributed by atoms with van der Waals surface area (Å²) in [6, 6.07) is 13.9. The van der Waals surface area contributed by atoms with E-state index in [0.29, 0.717) is 23.5 Å². The van der Waals surface area contributed by atoms with Gasteiger partial charge in [0.15, 0.2) is 0 Å². The van der Waals surface area contributed by atoms with Crippen LogP contribution in [0.1, 0.15) is 12.0 Å². The summed E-state index contributed by atoms with van der Waals surface area (Å²) < 4.78 is 11.3. The molecule has 3 aromatic rings. The fraction of sp³-hybridized carbons (Fsp3) is 0.222. The lowest BCUT2D eigenvalue weighted by Crippen LogP contribution is -1.98. The van der Waals surface area contributed by atoms with E-state index in [1.807, 2.05) is 31.2 Å². The van der Waals surface area contributed by atoms with Crippen molar-refractivity contribution in [3.8, 4) is 17.2 Å². The Morgan fingerprint density at radius 3 is 2.65 bits per heavy atom. The van der Waals surface area contributed by atoms with Crippen LogP contribution in [0.4, 0.5) is 5.69 Å². The molecular formula is C18H17N3O4S. The van der Waals surface area contributed by atoms with Crippen LogP contribution in [0.5, 0.6) is 5.75 Å². The highest BCUT2D eigenvalue weighted by Gasteiger charge is 2.10. The van der Waals surface area contributed by atoms with Crippen LogP contribution >= 0.6 is 11.8 Å². The summed E-state index contributed by atoms with van der Waals surface area (Å²) in [6.45, 7) is 2.51. The van der Waals surface area contributed by atoms with Crippen LogP contribution in [0.2, 0.25) is 0 Å². The zero-order chi connectivity index (χ0) is 18.4. The number of hydrogen-bond donors (Lipinski definition) is 0. The van der Waals surface area contributed by atoms with Crippen molar-refractivity contribution in [1.82, 2.24) is 10.2 Å². The second kappa shape index (κ2) is 8.48. The van der Waals surface area contributed by atoms with Gasteiger partial charge in [0.25, 0.3) is 10.9 Å². The van der Waals surface area contributed by atoms with Gasteiger partial charge in [-0.3, -0.25) is 10.1 Å². The lowest BCUT2D eigenvalue weighted by molar-refractivity contribution is -0.384. The van der Waals surface area contributed by atoms with Crippen LogP contribution in [0.25, 0.3) is 11.5 Å². The molecule has 0 aliphatic heterocycles. The molecule has 134 valence electrons. The predicted molar refractivity (Wildman–Crippen MR) is 98.4 cm³/mol. The highest BCUT2D eigenvalue weighted by molar-refractivity contribution is 7.99. The molecule has 0 radical (unpaired) electrons. The molecule has 0 aliphatic carbocycles. The van der Waals surface area contributed by atoms with Gasteiger partial charge in [-0.05, 0) is 37.1 Å². The summed E-state index contributed by atoms with van der Waals surface area (Å²) in [7, 11) is 0. The third-order valence-corrected chi connectivity index (χ3v) is 4.52. The first-order valence-corrected chi connectivity index (χ1v) is 9.01. The number of benzene rings is 2. The molecule has 3 rings (SSSR count). The van der Waals surface area contributed by atoms with Crippen molar-refractivity contribution in [3.05, 3.63) is 64.2 Å². The molecule has 0 fully saturated rings. The van der Waals surface area contributed by atoms with E-state index in [2.05, 4.69) is 10.2 Å². The first-order chi connectivity index (χ1) is 12.6. The number of nitro groups is 1. The average molecular weight is 371 g/mol. The molecule has 0 aliphatic rings. The minimum absolute atomic E-state index is 0.0498. The highest BCUT2D eigenvalue weighted by Crippen LogP contribution is 2.25. The Labute approximate surface area is 154 Å². The van der Waals surface area contributed by atoms with E-state index in [-0.39, 0.29) is 5.69 Å². The molecule has 2 aromatic carbocycles. The molecular weight excluding hydrogens is 354 g/mol. The summed E-state index contributed by atoms with van der Waals surface area (Å²) >= 11 is 1.47.